The topological polar surface area (TPSA) is 37.3 Å². The quantitative estimate of drug-likeness (QED) is 0.744. The van der Waals surface area contributed by atoms with Gasteiger partial charge in [-0.05, 0) is 84.8 Å². The summed E-state index contributed by atoms with van der Waals surface area (Å²) < 4.78 is 0. The first-order valence-corrected chi connectivity index (χ1v) is 11.2. The zero-order chi connectivity index (χ0) is 17.4. The molecule has 0 spiro atoms. The Hall–Kier alpha value is -0.540. The number of rotatable bonds is 2. The summed E-state index contributed by atoms with van der Waals surface area (Å²) in [6.45, 7) is 6.86. The van der Waals surface area contributed by atoms with Crippen LogP contribution in [0.3, 0.4) is 0 Å². The van der Waals surface area contributed by atoms with Crippen LogP contribution in [0, 0.1) is 34.5 Å². The highest BCUT2D eigenvalue weighted by Crippen LogP contribution is 2.71. The second kappa shape index (κ2) is 5.48. The lowest BCUT2D eigenvalue weighted by Crippen LogP contribution is -2.52. The number of thioether (sulfide) groups is 1. The predicted octanol–water partition coefficient (Wildman–Crippen LogP) is 4.39. The summed E-state index contributed by atoms with van der Waals surface area (Å²) in [7, 11) is 0. The van der Waals surface area contributed by atoms with Gasteiger partial charge >= 0.3 is 0 Å². The van der Waals surface area contributed by atoms with Gasteiger partial charge in [-0.15, -0.1) is 0 Å². The number of hydrogen-bond donors (Lipinski definition) is 1. The second-order valence-corrected chi connectivity index (χ2v) is 10.8. The average molecular weight is 359 g/mol. The van der Waals surface area contributed by atoms with Gasteiger partial charge in [0.05, 0.1) is 6.61 Å². The lowest BCUT2D eigenvalue weighted by Gasteiger charge is -2.57. The van der Waals surface area contributed by atoms with Crippen molar-refractivity contribution in [1.29, 1.82) is 0 Å². The molecule has 3 saturated carbocycles. The maximum absolute atomic E-state index is 12.1. The Morgan fingerprint density at radius 3 is 2.96 bits per heavy atom. The third-order valence-corrected chi connectivity index (χ3v) is 10.5. The minimum atomic E-state index is 0.151. The van der Waals surface area contributed by atoms with Crippen molar-refractivity contribution in [3.63, 3.8) is 0 Å². The van der Waals surface area contributed by atoms with Crippen LogP contribution >= 0.6 is 11.8 Å². The molecule has 4 unspecified atom stereocenters. The molecule has 0 aromatic carbocycles. The summed E-state index contributed by atoms with van der Waals surface area (Å²) in [6.07, 6.45) is 10.3. The standard InChI is InChI=1S/C22H30O2S/c1-13(11-23)16-3-4-17-15-10-20-19-9-14(24)5-8-22(19,12-25-20)18(15)6-7-21(16,17)2/h9,15-18,20,23H,1,3-8,10-12H2,2H3/t15?,16?,17?,18?,20-,21-,22+/m1/s1. The maximum atomic E-state index is 12.1. The molecule has 1 saturated heterocycles. The Morgan fingerprint density at radius 2 is 2.16 bits per heavy atom. The smallest absolute Gasteiger partial charge is 0.155 e. The molecule has 5 aliphatic rings. The molecule has 7 atom stereocenters. The van der Waals surface area contributed by atoms with Crippen LogP contribution in [0.4, 0.5) is 0 Å². The van der Waals surface area contributed by atoms with Gasteiger partial charge in [0.1, 0.15) is 0 Å². The van der Waals surface area contributed by atoms with Crippen LogP contribution in [0.2, 0.25) is 0 Å². The number of carbonyl (C=O) groups is 1. The molecule has 0 radical (unpaired) electrons. The summed E-state index contributed by atoms with van der Waals surface area (Å²) in [6, 6.07) is 0. The van der Waals surface area contributed by atoms with Crippen LogP contribution in [-0.4, -0.2) is 28.5 Å². The first-order chi connectivity index (χ1) is 12.0. The molecule has 1 aliphatic heterocycles. The van der Waals surface area contributed by atoms with Crippen molar-refractivity contribution in [1.82, 2.24) is 0 Å². The van der Waals surface area contributed by atoms with E-state index in [1.165, 1.54) is 43.4 Å². The van der Waals surface area contributed by atoms with Crippen molar-refractivity contribution in [3.8, 4) is 0 Å². The highest BCUT2D eigenvalue weighted by atomic mass is 32.2. The van der Waals surface area contributed by atoms with Crippen molar-refractivity contribution in [2.24, 2.45) is 34.5 Å². The minimum absolute atomic E-state index is 0.151. The molecule has 136 valence electrons. The number of aliphatic hydroxyl groups is 1. The fraction of sp³-hybridized carbons (Fsp3) is 0.773. The summed E-state index contributed by atoms with van der Waals surface area (Å²) >= 11 is 2.14. The van der Waals surface area contributed by atoms with Gasteiger partial charge in [-0.2, -0.15) is 11.8 Å². The lowest BCUT2D eigenvalue weighted by molar-refractivity contribution is -0.117. The van der Waals surface area contributed by atoms with E-state index in [0.29, 0.717) is 27.8 Å². The van der Waals surface area contributed by atoms with E-state index in [4.69, 9.17) is 0 Å². The van der Waals surface area contributed by atoms with Gasteiger partial charge in [0, 0.05) is 22.8 Å². The molecule has 3 heteroatoms. The van der Waals surface area contributed by atoms with E-state index in [1.54, 1.807) is 0 Å². The lowest BCUT2D eigenvalue weighted by atomic mass is 9.46. The monoisotopic (exact) mass is 358 g/mol. The molecular weight excluding hydrogens is 328 g/mol. The van der Waals surface area contributed by atoms with E-state index in [9.17, 15) is 9.90 Å². The Kier molecular flexibility index (Phi) is 3.64. The normalized spacial score (nSPS) is 50.7. The van der Waals surface area contributed by atoms with Crippen LogP contribution in [0.15, 0.2) is 23.8 Å². The van der Waals surface area contributed by atoms with Gasteiger partial charge in [0.15, 0.2) is 5.78 Å². The zero-order valence-corrected chi connectivity index (χ0v) is 16.1. The minimum Gasteiger partial charge on any atom is -0.392 e. The molecule has 5 rings (SSSR count). The van der Waals surface area contributed by atoms with Crippen LogP contribution in [-0.2, 0) is 4.79 Å². The van der Waals surface area contributed by atoms with Crippen LogP contribution in [0.25, 0.3) is 0 Å². The number of fused-ring (bicyclic) bond motifs is 3. The van der Waals surface area contributed by atoms with E-state index >= 15 is 0 Å². The fourth-order valence-corrected chi connectivity index (χ4v) is 9.68. The first kappa shape index (κ1) is 16.6. The van der Waals surface area contributed by atoms with Crippen LogP contribution in [0.5, 0.6) is 0 Å². The summed E-state index contributed by atoms with van der Waals surface area (Å²) in [5.41, 5.74) is 3.29. The molecule has 4 fully saturated rings. The van der Waals surface area contributed by atoms with Crippen molar-refractivity contribution >= 4 is 17.5 Å². The van der Waals surface area contributed by atoms with Gasteiger partial charge in [0.25, 0.3) is 0 Å². The summed E-state index contributed by atoms with van der Waals surface area (Å²) in [5, 5.41) is 10.3. The maximum Gasteiger partial charge on any atom is 0.155 e. The third kappa shape index (κ3) is 2.06. The number of aliphatic hydroxyl groups excluding tert-OH is 1. The van der Waals surface area contributed by atoms with E-state index in [1.807, 2.05) is 0 Å². The first-order valence-electron chi connectivity index (χ1n) is 10.1. The molecule has 4 aliphatic carbocycles. The molecule has 0 aromatic heterocycles. The Balaban J connectivity index is 1.51. The van der Waals surface area contributed by atoms with E-state index in [-0.39, 0.29) is 6.61 Å². The molecule has 0 aromatic rings. The van der Waals surface area contributed by atoms with E-state index < -0.39 is 0 Å². The largest absolute Gasteiger partial charge is 0.392 e. The predicted molar refractivity (Wildman–Crippen MR) is 102 cm³/mol. The van der Waals surface area contributed by atoms with Gasteiger partial charge in [0.2, 0.25) is 0 Å². The van der Waals surface area contributed by atoms with Gasteiger partial charge in [-0.3, -0.25) is 4.79 Å². The second-order valence-electron chi connectivity index (χ2n) is 9.63. The highest BCUT2D eigenvalue weighted by Gasteiger charge is 2.64. The molecule has 2 bridgehead atoms. The number of hydrogen-bond acceptors (Lipinski definition) is 3. The van der Waals surface area contributed by atoms with Crippen molar-refractivity contribution in [3.05, 3.63) is 23.8 Å². The molecule has 0 amide bonds. The Bertz CT molecular complexity index is 667. The number of carbonyl (C=O) groups excluding carboxylic acids is 1. The van der Waals surface area contributed by atoms with Gasteiger partial charge < -0.3 is 5.11 Å². The molecular formula is C22H30O2S. The fourth-order valence-electron chi connectivity index (χ4n) is 7.82. The Morgan fingerprint density at radius 1 is 1.32 bits per heavy atom. The Labute approximate surface area is 155 Å². The molecule has 1 N–H and O–H groups in total. The van der Waals surface area contributed by atoms with Gasteiger partial charge in [-0.25, -0.2) is 0 Å². The van der Waals surface area contributed by atoms with E-state index in [0.717, 1.165) is 36.2 Å². The molecule has 2 nitrogen and oxygen atoms in total. The van der Waals surface area contributed by atoms with Crippen LogP contribution < -0.4 is 0 Å². The average Bonchev–Trinajstić information content (AvgIpc) is 3.08. The highest BCUT2D eigenvalue weighted by molar-refractivity contribution is 8.00. The summed E-state index contributed by atoms with van der Waals surface area (Å²) in [4.78, 5) is 12.1. The van der Waals surface area contributed by atoms with Crippen molar-refractivity contribution in [2.75, 3.05) is 12.4 Å². The third-order valence-electron chi connectivity index (χ3n) is 8.93. The van der Waals surface area contributed by atoms with E-state index in [2.05, 4.69) is 31.3 Å². The van der Waals surface area contributed by atoms with Crippen LogP contribution in [0.1, 0.15) is 51.9 Å². The number of ketones is 1. The van der Waals surface area contributed by atoms with Gasteiger partial charge in [-0.1, -0.05) is 13.5 Å². The van der Waals surface area contributed by atoms with Crippen molar-refractivity contribution < 1.29 is 9.90 Å². The van der Waals surface area contributed by atoms with Crippen molar-refractivity contribution in [2.45, 2.75) is 57.1 Å². The molecule has 25 heavy (non-hydrogen) atoms. The zero-order valence-electron chi connectivity index (χ0n) is 15.3. The molecule has 1 heterocycles. The SMILES string of the molecule is C=C(CO)C1CCC2C3C[C@H]4SC[C@@]5(CCC(=O)C=C45)C3CC[C@]12C. The summed E-state index contributed by atoms with van der Waals surface area (Å²) in [5.74, 6) is 4.54.